The van der Waals surface area contributed by atoms with E-state index in [1.165, 1.54) is 38.5 Å². The molecule has 0 saturated heterocycles. The van der Waals surface area contributed by atoms with Gasteiger partial charge in [0.25, 0.3) is 0 Å². The number of carboxylic acids is 1. The minimum atomic E-state index is -0.627. The largest absolute Gasteiger partial charge is 0.481 e. The molecule has 0 amide bonds. The Hall–Kier alpha value is -1.06. The molecule has 4 aliphatic rings. The van der Waals surface area contributed by atoms with Gasteiger partial charge >= 0.3 is 5.97 Å². The fourth-order valence-corrected chi connectivity index (χ4v) is 7.73. The van der Waals surface area contributed by atoms with Crippen LogP contribution in [-0.4, -0.2) is 22.0 Å². The highest BCUT2D eigenvalue weighted by Gasteiger charge is 2.59. The van der Waals surface area contributed by atoms with Gasteiger partial charge in [-0.1, -0.05) is 19.0 Å². The van der Waals surface area contributed by atoms with Crippen LogP contribution in [0.1, 0.15) is 78.1 Å². The average molecular weight is 347 g/mol. The molecule has 0 aromatic carbocycles. The van der Waals surface area contributed by atoms with Crippen LogP contribution >= 0.6 is 0 Å². The van der Waals surface area contributed by atoms with E-state index < -0.39 is 5.97 Å². The first-order valence-corrected chi connectivity index (χ1v) is 10.3. The van der Waals surface area contributed by atoms with E-state index in [4.69, 9.17) is 5.11 Å². The molecule has 0 aromatic rings. The minimum Gasteiger partial charge on any atom is -0.481 e. The Labute approximate surface area is 151 Å². The van der Waals surface area contributed by atoms with Gasteiger partial charge in [0.15, 0.2) is 0 Å². The molecule has 0 unspecified atom stereocenters. The van der Waals surface area contributed by atoms with Crippen LogP contribution in [0.15, 0.2) is 5.16 Å². The molecule has 4 heteroatoms. The van der Waals surface area contributed by atoms with Crippen LogP contribution < -0.4 is 0 Å². The molecular weight excluding hydrogens is 314 g/mol. The Morgan fingerprint density at radius 2 is 1.92 bits per heavy atom. The fraction of sp³-hybridized carbons (Fsp3) is 0.905. The highest BCUT2D eigenvalue weighted by Crippen LogP contribution is 2.66. The highest BCUT2D eigenvalue weighted by molar-refractivity contribution is 5.91. The second-order valence-electron chi connectivity index (χ2n) is 9.94. The van der Waals surface area contributed by atoms with Gasteiger partial charge in [0.05, 0.1) is 5.71 Å². The zero-order valence-electron chi connectivity index (χ0n) is 15.7. The Balaban J connectivity index is 1.55. The first-order valence-electron chi connectivity index (χ1n) is 10.3. The Morgan fingerprint density at radius 3 is 2.64 bits per heavy atom. The molecule has 0 aliphatic heterocycles. The van der Waals surface area contributed by atoms with Gasteiger partial charge in [-0.25, -0.2) is 0 Å². The van der Waals surface area contributed by atoms with Crippen molar-refractivity contribution in [2.45, 2.75) is 78.1 Å². The average Bonchev–Trinajstić information content (AvgIpc) is 2.91. The van der Waals surface area contributed by atoms with Crippen molar-refractivity contribution in [3.63, 3.8) is 0 Å². The summed E-state index contributed by atoms with van der Waals surface area (Å²) >= 11 is 0. The van der Waals surface area contributed by atoms with E-state index in [0.29, 0.717) is 29.6 Å². The van der Waals surface area contributed by atoms with Gasteiger partial charge in [-0.05, 0) is 92.8 Å². The maximum atomic E-state index is 11.1. The topological polar surface area (TPSA) is 69.9 Å². The zero-order valence-corrected chi connectivity index (χ0v) is 15.7. The maximum Gasteiger partial charge on any atom is 0.303 e. The normalized spacial score (nSPS) is 50.8. The molecule has 0 aromatic heterocycles. The van der Waals surface area contributed by atoms with Crippen LogP contribution in [0.4, 0.5) is 0 Å². The van der Waals surface area contributed by atoms with E-state index >= 15 is 0 Å². The number of nitrogens with zero attached hydrogens (tertiary/aromatic N) is 1. The van der Waals surface area contributed by atoms with Crippen molar-refractivity contribution in [1.29, 1.82) is 0 Å². The molecule has 4 rings (SSSR count). The second kappa shape index (κ2) is 5.99. The monoisotopic (exact) mass is 347 g/mol. The number of carbonyl (C=O) groups is 1. The number of fused-ring (bicyclic) bond motifs is 5. The van der Waals surface area contributed by atoms with E-state index in [1.54, 1.807) is 0 Å². The van der Waals surface area contributed by atoms with Crippen LogP contribution in [0.25, 0.3) is 0 Å². The molecule has 7 atom stereocenters. The summed E-state index contributed by atoms with van der Waals surface area (Å²) in [6.07, 6.45) is 10.9. The summed E-state index contributed by atoms with van der Waals surface area (Å²) in [5.41, 5.74) is 1.58. The van der Waals surface area contributed by atoms with E-state index in [1.807, 2.05) is 0 Å². The van der Waals surface area contributed by atoms with Crippen molar-refractivity contribution in [2.24, 2.45) is 45.6 Å². The first-order chi connectivity index (χ1) is 11.9. The smallest absolute Gasteiger partial charge is 0.303 e. The number of carboxylic acid groups (broad SMARTS) is 1. The van der Waals surface area contributed by atoms with Crippen molar-refractivity contribution in [1.82, 2.24) is 0 Å². The maximum absolute atomic E-state index is 11.1. The third kappa shape index (κ3) is 2.54. The number of rotatable bonds is 2. The standard InChI is InChI=1S/C21H33NO3/c1-20-9-7-13(12-19(23)24)11-14(20)3-4-15-16-5-6-18(22-25)21(16,2)10-8-17(15)20/h13-17,25H,3-12H2,1-2H3,(H,23,24)/b22-18-/t13-,14-,15-,16-,17-,20-,21-/m0/s1. The minimum absolute atomic E-state index is 0.125. The van der Waals surface area contributed by atoms with Crippen LogP contribution in [0.2, 0.25) is 0 Å². The second-order valence-corrected chi connectivity index (χ2v) is 9.94. The Kier molecular flexibility index (Phi) is 4.16. The van der Waals surface area contributed by atoms with Gasteiger partial charge in [0.1, 0.15) is 0 Å². The van der Waals surface area contributed by atoms with Gasteiger partial charge < -0.3 is 10.3 Å². The molecule has 140 valence electrons. The highest BCUT2D eigenvalue weighted by atomic mass is 16.4. The van der Waals surface area contributed by atoms with E-state index in [9.17, 15) is 10.0 Å². The van der Waals surface area contributed by atoms with Crippen molar-refractivity contribution in [3.8, 4) is 0 Å². The predicted molar refractivity (Wildman–Crippen MR) is 96.7 cm³/mol. The molecule has 4 aliphatic carbocycles. The van der Waals surface area contributed by atoms with Crippen LogP contribution in [-0.2, 0) is 4.79 Å². The summed E-state index contributed by atoms with van der Waals surface area (Å²) in [5, 5.41) is 22.3. The molecule has 0 heterocycles. The zero-order chi connectivity index (χ0) is 17.8. The molecule has 2 N–H and O–H groups in total. The molecule has 0 spiro atoms. The Morgan fingerprint density at radius 1 is 1.12 bits per heavy atom. The van der Waals surface area contributed by atoms with Gasteiger partial charge in [0, 0.05) is 11.8 Å². The summed E-state index contributed by atoms with van der Waals surface area (Å²) in [7, 11) is 0. The van der Waals surface area contributed by atoms with Crippen molar-refractivity contribution in [3.05, 3.63) is 0 Å². The quantitative estimate of drug-likeness (QED) is 0.548. The van der Waals surface area contributed by atoms with Crippen molar-refractivity contribution in [2.75, 3.05) is 0 Å². The summed E-state index contributed by atoms with van der Waals surface area (Å²) in [4.78, 5) is 11.1. The van der Waals surface area contributed by atoms with Crippen LogP contribution in [0, 0.1) is 40.4 Å². The Bertz CT molecular complexity index is 588. The number of aliphatic carboxylic acids is 1. The third-order valence-electron chi connectivity index (χ3n) is 9.10. The molecule has 0 radical (unpaired) electrons. The van der Waals surface area contributed by atoms with Crippen LogP contribution in [0.5, 0.6) is 0 Å². The predicted octanol–water partition coefficient (Wildman–Crippen LogP) is 4.95. The molecule has 4 fully saturated rings. The summed E-state index contributed by atoms with van der Waals surface area (Å²) in [5.74, 6) is 2.72. The molecular formula is C21H33NO3. The number of oxime groups is 1. The molecule has 0 bridgehead atoms. The molecule has 4 saturated carbocycles. The van der Waals surface area contributed by atoms with Crippen LogP contribution in [0.3, 0.4) is 0 Å². The molecule has 4 nitrogen and oxygen atoms in total. The fourth-order valence-electron chi connectivity index (χ4n) is 7.73. The summed E-state index contributed by atoms with van der Waals surface area (Å²) in [6.45, 7) is 4.86. The lowest BCUT2D eigenvalue weighted by Gasteiger charge is -2.60. The van der Waals surface area contributed by atoms with Crippen molar-refractivity contribution >= 4 is 11.7 Å². The van der Waals surface area contributed by atoms with Crippen molar-refractivity contribution < 1.29 is 15.1 Å². The van der Waals surface area contributed by atoms with Gasteiger partial charge in [-0.15, -0.1) is 0 Å². The first kappa shape index (κ1) is 17.4. The SMILES string of the molecule is C[C@]12CC[C@H](CC(=O)O)C[C@@H]1CC[C@@H]1[C@@H]2CC[C@]2(C)/C(=N\O)CC[C@@H]12. The van der Waals surface area contributed by atoms with Gasteiger partial charge in [-0.2, -0.15) is 0 Å². The molecule has 25 heavy (non-hydrogen) atoms. The summed E-state index contributed by atoms with van der Waals surface area (Å²) < 4.78 is 0. The lowest BCUT2D eigenvalue weighted by atomic mass is 9.44. The lowest BCUT2D eigenvalue weighted by Crippen LogP contribution is -2.53. The van der Waals surface area contributed by atoms with E-state index in [-0.39, 0.29) is 5.41 Å². The van der Waals surface area contributed by atoms with E-state index in [2.05, 4.69) is 19.0 Å². The number of hydrogen-bond donors (Lipinski definition) is 2. The third-order valence-corrected chi connectivity index (χ3v) is 9.10. The van der Waals surface area contributed by atoms with Gasteiger partial charge in [0.2, 0.25) is 0 Å². The van der Waals surface area contributed by atoms with Gasteiger partial charge in [-0.3, -0.25) is 4.79 Å². The van der Waals surface area contributed by atoms with E-state index in [0.717, 1.165) is 36.8 Å². The summed E-state index contributed by atoms with van der Waals surface area (Å²) in [6, 6.07) is 0. The lowest BCUT2D eigenvalue weighted by molar-refractivity contribution is -0.140. The number of hydrogen-bond acceptors (Lipinski definition) is 3.